The van der Waals surface area contributed by atoms with Crippen molar-refractivity contribution < 1.29 is 4.74 Å². The molecule has 438 valence electrons. The predicted octanol–water partition coefficient (Wildman–Crippen LogP) is 24.8. The normalized spacial score (nSPS) is 13.5. The summed E-state index contributed by atoms with van der Waals surface area (Å²) in [7, 11) is 0. The number of benzene rings is 5. The minimum absolute atomic E-state index is 0.415. The third-order valence-electron chi connectivity index (χ3n) is 18.8. The van der Waals surface area contributed by atoms with E-state index in [1.807, 2.05) is 45.3 Å². The van der Waals surface area contributed by atoms with Gasteiger partial charge in [-0.15, -0.1) is 45.3 Å². The molecular formula is C79H92OS4. The molecule has 0 bridgehead atoms. The molecule has 0 saturated carbocycles. The maximum Gasteiger partial charge on any atom is 0.128 e. The summed E-state index contributed by atoms with van der Waals surface area (Å²) in [6.07, 6.45) is 29.7. The largest absolute Gasteiger partial charge is 0.493 e. The van der Waals surface area contributed by atoms with Crippen LogP contribution < -0.4 is 4.74 Å². The monoisotopic (exact) mass is 1180 g/mol. The molecule has 4 aromatic heterocycles. The maximum atomic E-state index is 7.17. The van der Waals surface area contributed by atoms with E-state index in [2.05, 4.69) is 186 Å². The van der Waals surface area contributed by atoms with Crippen LogP contribution in [-0.4, -0.2) is 6.61 Å². The predicted molar refractivity (Wildman–Crippen MR) is 369 cm³/mol. The fourth-order valence-electron chi connectivity index (χ4n) is 14.1. The van der Waals surface area contributed by atoms with E-state index in [9.17, 15) is 0 Å². The van der Waals surface area contributed by atoms with Crippen molar-refractivity contribution in [3.8, 4) is 46.1 Å². The quantitative estimate of drug-likeness (QED) is 0.0382. The van der Waals surface area contributed by atoms with Crippen LogP contribution in [0.25, 0.3) is 40.4 Å². The van der Waals surface area contributed by atoms with Crippen molar-refractivity contribution in [2.75, 3.05) is 6.61 Å². The van der Waals surface area contributed by atoms with Crippen LogP contribution in [0.2, 0.25) is 0 Å². The molecule has 0 aliphatic heterocycles. The third kappa shape index (κ3) is 12.2. The average molecular weight is 1190 g/mol. The van der Waals surface area contributed by atoms with E-state index in [1.165, 1.54) is 235 Å². The Balaban J connectivity index is 1.01. The van der Waals surface area contributed by atoms with Crippen molar-refractivity contribution in [2.45, 2.75) is 206 Å². The number of aryl methyl sites for hydroxylation is 5. The van der Waals surface area contributed by atoms with Gasteiger partial charge in [-0.2, -0.15) is 0 Å². The number of rotatable bonds is 32. The molecule has 11 rings (SSSR count). The van der Waals surface area contributed by atoms with Crippen LogP contribution in [0.5, 0.6) is 5.75 Å². The molecule has 1 nitrogen and oxygen atoms in total. The van der Waals surface area contributed by atoms with Gasteiger partial charge in [0.25, 0.3) is 0 Å². The van der Waals surface area contributed by atoms with Crippen LogP contribution >= 0.6 is 45.3 Å². The second kappa shape index (κ2) is 28.5. The van der Waals surface area contributed by atoms with E-state index in [1.54, 1.807) is 0 Å². The summed E-state index contributed by atoms with van der Waals surface area (Å²) < 4.78 is 7.17. The van der Waals surface area contributed by atoms with E-state index in [-0.39, 0.29) is 0 Å². The molecule has 5 aromatic carbocycles. The molecule has 0 fully saturated rings. The van der Waals surface area contributed by atoms with Crippen LogP contribution in [0.4, 0.5) is 0 Å². The average Bonchev–Trinajstić information content (AvgIpc) is 1.57. The molecule has 0 N–H and O–H groups in total. The minimum Gasteiger partial charge on any atom is -0.493 e. The van der Waals surface area contributed by atoms with Crippen molar-refractivity contribution in [3.05, 3.63) is 217 Å². The topological polar surface area (TPSA) is 9.23 Å². The van der Waals surface area contributed by atoms with Gasteiger partial charge in [0.05, 0.1) is 27.2 Å². The van der Waals surface area contributed by atoms with Crippen LogP contribution in [0.3, 0.4) is 0 Å². The molecule has 9 aromatic rings. The number of fused-ring (bicyclic) bond motifs is 6. The Hall–Kier alpha value is -5.30. The molecule has 0 saturated heterocycles. The van der Waals surface area contributed by atoms with Crippen LogP contribution in [0, 0.1) is 6.92 Å². The summed E-state index contributed by atoms with van der Waals surface area (Å²) in [5, 5.41) is 4.69. The Labute approximate surface area is 522 Å². The van der Waals surface area contributed by atoms with Crippen LogP contribution in [0.1, 0.15) is 235 Å². The number of ether oxygens (including phenoxy) is 1. The molecular weight excluding hydrogens is 1090 g/mol. The van der Waals surface area contributed by atoms with E-state index >= 15 is 0 Å². The third-order valence-corrected chi connectivity index (χ3v) is 23.3. The van der Waals surface area contributed by atoms with Gasteiger partial charge < -0.3 is 4.74 Å². The van der Waals surface area contributed by atoms with Crippen molar-refractivity contribution in [2.24, 2.45) is 0 Å². The highest BCUT2D eigenvalue weighted by Crippen LogP contribution is 2.64. The SMILES string of the molecule is CCCCCCOc1cc(-c2cc3c(s2)-c2sccc2C3(c2ccc(CCCCCC)cc2)c2ccc(CCCCCC)cc2)c(C)cc1-c1cc2c(s1)-c1sccc1C2(c1ccc(CCCCCC)cc1)c1ccc(CCCCCC)cc1. The Bertz CT molecular complexity index is 3410. The summed E-state index contributed by atoms with van der Waals surface area (Å²) in [6.45, 7) is 14.6. The first kappa shape index (κ1) is 60.4. The zero-order chi connectivity index (χ0) is 57.9. The van der Waals surface area contributed by atoms with Crippen LogP contribution in [0.15, 0.2) is 144 Å². The first-order chi connectivity index (χ1) is 41.4. The van der Waals surface area contributed by atoms with E-state index in [4.69, 9.17) is 4.74 Å². The molecule has 0 radical (unpaired) electrons. The second-order valence-corrected chi connectivity index (χ2v) is 28.6. The van der Waals surface area contributed by atoms with E-state index in [0.717, 1.165) is 37.9 Å². The van der Waals surface area contributed by atoms with Gasteiger partial charge in [-0.25, -0.2) is 0 Å². The van der Waals surface area contributed by atoms with Gasteiger partial charge in [0.2, 0.25) is 0 Å². The highest BCUT2D eigenvalue weighted by molar-refractivity contribution is 7.24. The zero-order valence-corrected chi connectivity index (χ0v) is 54.8. The van der Waals surface area contributed by atoms with E-state index < -0.39 is 10.8 Å². The Morgan fingerprint density at radius 2 is 0.679 bits per heavy atom. The second-order valence-electron chi connectivity index (χ2n) is 24.6. The van der Waals surface area contributed by atoms with Crippen molar-refractivity contribution in [3.63, 3.8) is 0 Å². The van der Waals surface area contributed by atoms with Crippen molar-refractivity contribution in [1.29, 1.82) is 0 Å². The lowest BCUT2D eigenvalue weighted by molar-refractivity contribution is 0.306. The fourth-order valence-corrected chi connectivity index (χ4v) is 18.8. The summed E-state index contributed by atoms with van der Waals surface area (Å²) in [5.41, 5.74) is 19.9. The van der Waals surface area contributed by atoms with Gasteiger partial charge in [0, 0.05) is 25.1 Å². The maximum absolute atomic E-state index is 7.17. The Morgan fingerprint density at radius 1 is 0.333 bits per heavy atom. The molecule has 2 aliphatic carbocycles. The van der Waals surface area contributed by atoms with Gasteiger partial charge in [-0.3, -0.25) is 0 Å². The lowest BCUT2D eigenvalue weighted by Gasteiger charge is -2.33. The van der Waals surface area contributed by atoms with Gasteiger partial charge >= 0.3 is 0 Å². The zero-order valence-electron chi connectivity index (χ0n) is 51.6. The van der Waals surface area contributed by atoms with E-state index in [0.29, 0.717) is 6.61 Å². The smallest absolute Gasteiger partial charge is 0.128 e. The molecule has 0 amide bonds. The first-order valence-electron chi connectivity index (χ1n) is 33.0. The lowest BCUT2D eigenvalue weighted by atomic mass is 9.68. The summed E-state index contributed by atoms with van der Waals surface area (Å²) >= 11 is 7.81. The van der Waals surface area contributed by atoms with Crippen molar-refractivity contribution >= 4 is 45.3 Å². The highest BCUT2D eigenvalue weighted by atomic mass is 32.1. The molecule has 5 heteroatoms. The Morgan fingerprint density at radius 3 is 1.04 bits per heavy atom. The molecule has 0 spiro atoms. The molecule has 0 unspecified atom stereocenters. The Kier molecular flexibility index (Phi) is 20.5. The molecule has 84 heavy (non-hydrogen) atoms. The summed E-state index contributed by atoms with van der Waals surface area (Å²) in [5.74, 6) is 1.00. The first-order valence-corrected chi connectivity index (χ1v) is 36.4. The minimum atomic E-state index is -0.425. The van der Waals surface area contributed by atoms with Gasteiger partial charge in [0.1, 0.15) is 5.75 Å². The molecule has 4 heterocycles. The summed E-state index contributed by atoms with van der Waals surface area (Å²) in [4.78, 5) is 8.27. The van der Waals surface area contributed by atoms with Crippen LogP contribution in [-0.2, 0) is 36.5 Å². The fraction of sp³-hybridized carbons (Fsp3) is 0.418. The standard InChI is InChI=1S/C79H92OS4/c1-7-12-17-22-27-57-31-39-61(40-32-57)78(62-41-33-58(34-42-62)28-23-18-13-8-2)67-47-50-81-74(67)76-69(78)54-72(83-76)65-53-71(80-49-26-21-16-11-5)66(52-56(65)6)73-55-70-77(84-73)75-68(48-51-82-75)79(70,63-43-35-59(36-44-63)29-24-19-14-9-3)64-45-37-60(38-46-64)30-25-20-15-10-4/h31-48,50-55H,7-30,49H2,1-6H3. The highest BCUT2D eigenvalue weighted by Gasteiger charge is 2.50. The lowest BCUT2D eigenvalue weighted by Crippen LogP contribution is -2.28. The molecule has 0 atom stereocenters. The molecule has 2 aliphatic rings. The number of hydrogen-bond acceptors (Lipinski definition) is 5. The number of unbranched alkanes of at least 4 members (excludes halogenated alkanes) is 15. The van der Waals surface area contributed by atoms with Crippen molar-refractivity contribution in [1.82, 2.24) is 0 Å². The number of thiophene rings is 4. The van der Waals surface area contributed by atoms with Gasteiger partial charge in [-0.1, -0.05) is 228 Å². The van der Waals surface area contributed by atoms with Gasteiger partial charge in [0.15, 0.2) is 0 Å². The van der Waals surface area contributed by atoms with Gasteiger partial charge in [-0.05, 0) is 190 Å². The number of hydrogen-bond donors (Lipinski definition) is 0. The summed E-state index contributed by atoms with van der Waals surface area (Å²) in [6, 6.07) is 54.4.